The molecule has 25 heavy (non-hydrogen) atoms. The third-order valence-electron chi connectivity index (χ3n) is 3.57. The number of hydrogen-bond acceptors (Lipinski definition) is 5. The van der Waals surface area contributed by atoms with E-state index in [4.69, 9.17) is 9.47 Å². The van der Waals surface area contributed by atoms with Crippen LogP contribution in [0.5, 0.6) is 11.5 Å². The van der Waals surface area contributed by atoms with Crippen LogP contribution in [0.3, 0.4) is 0 Å². The lowest BCUT2D eigenvalue weighted by Gasteiger charge is -2.16. The number of rotatable bonds is 4. The predicted molar refractivity (Wildman–Crippen MR) is 94.4 cm³/mol. The zero-order valence-electron chi connectivity index (χ0n) is 13.5. The van der Waals surface area contributed by atoms with Gasteiger partial charge in [-0.25, -0.2) is 9.29 Å². The molecule has 2 aromatic carbocycles. The first-order valence-electron chi connectivity index (χ1n) is 7.29. The Labute approximate surface area is 148 Å². The predicted octanol–water partition coefficient (Wildman–Crippen LogP) is 4.08. The molecular weight excluding hydrogens is 345 g/mol. The lowest BCUT2D eigenvalue weighted by molar-refractivity contribution is -0.113. The van der Waals surface area contributed by atoms with Crippen LogP contribution in [0.25, 0.3) is 6.08 Å². The van der Waals surface area contributed by atoms with Gasteiger partial charge in [0.2, 0.25) is 0 Å². The summed E-state index contributed by atoms with van der Waals surface area (Å²) in [7, 11) is 2.95. The highest BCUT2D eigenvalue weighted by Gasteiger charge is 2.37. The van der Waals surface area contributed by atoms with Gasteiger partial charge < -0.3 is 9.47 Å². The third kappa shape index (κ3) is 3.36. The zero-order valence-corrected chi connectivity index (χ0v) is 14.3. The van der Waals surface area contributed by atoms with E-state index >= 15 is 0 Å². The summed E-state index contributed by atoms with van der Waals surface area (Å²) < 4.78 is 23.7. The first-order chi connectivity index (χ1) is 12.0. The summed E-state index contributed by atoms with van der Waals surface area (Å²) >= 11 is 0.796. The molecule has 1 fully saturated rings. The van der Waals surface area contributed by atoms with Gasteiger partial charge in [-0.05, 0) is 47.7 Å². The normalized spacial score (nSPS) is 15.8. The summed E-state index contributed by atoms with van der Waals surface area (Å²) in [5.41, 5.74) is 0.834. The van der Waals surface area contributed by atoms with E-state index in [-0.39, 0.29) is 4.91 Å². The second-order valence-corrected chi connectivity index (χ2v) is 6.10. The maximum atomic E-state index is 13.3. The Balaban J connectivity index is 1.97. The van der Waals surface area contributed by atoms with Crippen molar-refractivity contribution >= 4 is 34.7 Å². The highest BCUT2D eigenvalue weighted by molar-refractivity contribution is 8.19. The zero-order chi connectivity index (χ0) is 18.0. The number of thioether (sulfide) groups is 1. The van der Waals surface area contributed by atoms with Gasteiger partial charge in [0.15, 0.2) is 0 Å². The molecule has 1 heterocycles. The number of carbonyl (C=O) groups is 2. The van der Waals surface area contributed by atoms with Crippen molar-refractivity contribution in [3.8, 4) is 11.5 Å². The topological polar surface area (TPSA) is 55.8 Å². The number of ether oxygens (including phenoxy) is 2. The quantitative estimate of drug-likeness (QED) is 0.770. The molecule has 0 radical (unpaired) electrons. The molecule has 3 rings (SSSR count). The number of anilines is 1. The summed E-state index contributed by atoms with van der Waals surface area (Å²) in [6.07, 6.45) is 1.49. The van der Waals surface area contributed by atoms with Gasteiger partial charge in [-0.1, -0.05) is 12.1 Å². The van der Waals surface area contributed by atoms with Gasteiger partial charge >= 0.3 is 0 Å². The summed E-state index contributed by atoms with van der Waals surface area (Å²) in [5.74, 6) is -0.0101. The minimum Gasteiger partial charge on any atom is -0.497 e. The largest absolute Gasteiger partial charge is 0.497 e. The lowest BCUT2D eigenvalue weighted by atomic mass is 10.2. The molecule has 0 atom stereocenters. The molecule has 0 N–H and O–H groups in total. The van der Waals surface area contributed by atoms with Gasteiger partial charge in [0, 0.05) is 6.07 Å². The average molecular weight is 359 g/mol. The van der Waals surface area contributed by atoms with Gasteiger partial charge in [-0.15, -0.1) is 0 Å². The fourth-order valence-electron chi connectivity index (χ4n) is 2.39. The molecule has 0 aromatic heterocycles. The van der Waals surface area contributed by atoms with Crippen LogP contribution in [0.15, 0.2) is 47.4 Å². The van der Waals surface area contributed by atoms with Crippen LogP contribution in [-0.4, -0.2) is 25.4 Å². The molecule has 2 amide bonds. The molecule has 0 unspecified atom stereocenters. The number of nitrogens with zero attached hydrogens (tertiary/aromatic N) is 1. The Hall–Kier alpha value is -2.80. The molecule has 1 aliphatic heterocycles. The standard InChI is InChI=1S/C18H14FNO4S/c1-23-13-6-7-14(15(10-13)24-2)20-17(21)16(25-18(20)22)9-11-4-3-5-12(19)8-11/h3-10H,1-2H3/b16-9-. The minimum atomic E-state index is -0.484. The Morgan fingerprint density at radius 3 is 2.56 bits per heavy atom. The van der Waals surface area contributed by atoms with Crippen LogP contribution < -0.4 is 14.4 Å². The van der Waals surface area contributed by atoms with E-state index in [1.54, 1.807) is 24.3 Å². The molecule has 5 nitrogen and oxygen atoms in total. The van der Waals surface area contributed by atoms with Gasteiger partial charge in [-0.2, -0.15) is 0 Å². The Bertz CT molecular complexity index is 881. The Morgan fingerprint density at radius 2 is 1.88 bits per heavy atom. The molecule has 0 aliphatic carbocycles. The van der Waals surface area contributed by atoms with E-state index in [0.29, 0.717) is 22.7 Å². The van der Waals surface area contributed by atoms with E-state index in [0.717, 1.165) is 16.7 Å². The summed E-state index contributed by atoms with van der Waals surface area (Å²) in [6.45, 7) is 0. The number of hydrogen-bond donors (Lipinski definition) is 0. The third-order valence-corrected chi connectivity index (χ3v) is 4.44. The number of amides is 2. The van der Waals surface area contributed by atoms with Crippen LogP contribution in [0.4, 0.5) is 14.9 Å². The van der Waals surface area contributed by atoms with Crippen LogP contribution >= 0.6 is 11.8 Å². The van der Waals surface area contributed by atoms with Crippen LogP contribution in [-0.2, 0) is 4.79 Å². The molecule has 1 saturated heterocycles. The summed E-state index contributed by atoms with van der Waals surface area (Å²) in [5, 5.41) is -0.448. The van der Waals surface area contributed by atoms with E-state index in [9.17, 15) is 14.0 Å². The van der Waals surface area contributed by atoms with Crippen molar-refractivity contribution in [2.75, 3.05) is 19.1 Å². The molecule has 7 heteroatoms. The van der Waals surface area contributed by atoms with Gasteiger partial charge in [0.25, 0.3) is 11.1 Å². The average Bonchev–Trinajstić information content (AvgIpc) is 2.88. The number of carbonyl (C=O) groups excluding carboxylic acids is 2. The van der Waals surface area contributed by atoms with Crippen molar-refractivity contribution in [2.24, 2.45) is 0 Å². The smallest absolute Gasteiger partial charge is 0.298 e. The van der Waals surface area contributed by atoms with Gasteiger partial charge in [0.1, 0.15) is 17.3 Å². The fourth-order valence-corrected chi connectivity index (χ4v) is 3.23. The molecular formula is C18H14FNO4S. The first kappa shape index (κ1) is 17.0. The van der Waals surface area contributed by atoms with Crippen LogP contribution in [0, 0.1) is 5.82 Å². The molecule has 0 saturated carbocycles. The van der Waals surface area contributed by atoms with Crippen molar-refractivity contribution in [1.82, 2.24) is 0 Å². The van der Waals surface area contributed by atoms with Crippen molar-refractivity contribution in [1.29, 1.82) is 0 Å². The molecule has 2 aromatic rings. The molecule has 0 spiro atoms. The van der Waals surface area contributed by atoms with Crippen molar-refractivity contribution in [3.63, 3.8) is 0 Å². The second-order valence-electron chi connectivity index (χ2n) is 5.11. The lowest BCUT2D eigenvalue weighted by Crippen LogP contribution is -2.28. The SMILES string of the molecule is COc1ccc(N2C(=O)S/C(=C\c3cccc(F)c3)C2=O)c(OC)c1. The first-order valence-corrected chi connectivity index (χ1v) is 8.10. The summed E-state index contributed by atoms with van der Waals surface area (Å²) in [4.78, 5) is 26.3. The van der Waals surface area contributed by atoms with E-state index in [2.05, 4.69) is 0 Å². The van der Waals surface area contributed by atoms with Crippen molar-refractivity contribution in [2.45, 2.75) is 0 Å². The summed E-state index contributed by atoms with van der Waals surface area (Å²) in [6, 6.07) is 10.6. The number of halogens is 1. The highest BCUT2D eigenvalue weighted by Crippen LogP contribution is 2.40. The second kappa shape index (κ2) is 6.98. The Kier molecular flexibility index (Phi) is 4.76. The van der Waals surface area contributed by atoms with Crippen molar-refractivity contribution < 1.29 is 23.5 Å². The van der Waals surface area contributed by atoms with Crippen LogP contribution in [0.1, 0.15) is 5.56 Å². The monoisotopic (exact) mass is 359 g/mol. The van der Waals surface area contributed by atoms with Crippen LogP contribution in [0.2, 0.25) is 0 Å². The van der Waals surface area contributed by atoms with Gasteiger partial charge in [0.05, 0.1) is 24.8 Å². The number of methoxy groups -OCH3 is 2. The Morgan fingerprint density at radius 1 is 1.08 bits per heavy atom. The highest BCUT2D eigenvalue weighted by atomic mass is 32.2. The molecule has 0 bridgehead atoms. The van der Waals surface area contributed by atoms with Crippen molar-refractivity contribution in [3.05, 3.63) is 58.8 Å². The maximum absolute atomic E-state index is 13.3. The molecule has 1 aliphatic rings. The van der Waals surface area contributed by atoms with E-state index in [1.807, 2.05) is 0 Å². The van der Waals surface area contributed by atoms with Gasteiger partial charge in [-0.3, -0.25) is 9.59 Å². The number of imide groups is 1. The molecule has 128 valence electrons. The minimum absolute atomic E-state index is 0.216. The number of benzene rings is 2. The maximum Gasteiger partial charge on any atom is 0.298 e. The van der Waals surface area contributed by atoms with E-state index in [1.165, 1.54) is 38.5 Å². The fraction of sp³-hybridized carbons (Fsp3) is 0.111. The van der Waals surface area contributed by atoms with E-state index < -0.39 is 17.0 Å².